The van der Waals surface area contributed by atoms with Crippen molar-refractivity contribution in [2.75, 3.05) is 0 Å². The SMILES string of the molecule is CCC(CC)c1c(C=O)nnn1-c1cc([N+](=O)[O-])ccc1C. The van der Waals surface area contributed by atoms with E-state index in [-0.39, 0.29) is 11.6 Å². The molecule has 0 radical (unpaired) electrons. The standard InChI is InChI=1S/C15H18N4O3/c1-4-11(5-2)15-13(9-20)16-17-18(15)14-8-12(19(21)22)7-6-10(14)3/h6-9,11H,4-5H2,1-3H3. The average Bonchev–Trinajstić information content (AvgIpc) is 2.92. The summed E-state index contributed by atoms with van der Waals surface area (Å²) in [6.07, 6.45) is 2.35. The van der Waals surface area contributed by atoms with Crippen LogP contribution in [0.15, 0.2) is 18.2 Å². The summed E-state index contributed by atoms with van der Waals surface area (Å²) in [6.45, 7) is 5.90. The number of benzene rings is 1. The lowest BCUT2D eigenvalue weighted by molar-refractivity contribution is -0.384. The summed E-state index contributed by atoms with van der Waals surface area (Å²) in [5.74, 6) is 0.119. The number of aldehydes is 1. The molecule has 0 amide bonds. The number of nitrogens with zero attached hydrogens (tertiary/aromatic N) is 4. The summed E-state index contributed by atoms with van der Waals surface area (Å²) in [5.41, 5.74) is 2.40. The zero-order valence-corrected chi connectivity index (χ0v) is 12.8. The van der Waals surface area contributed by atoms with Gasteiger partial charge in [0.1, 0.15) is 5.69 Å². The zero-order chi connectivity index (χ0) is 16.3. The number of aryl methyl sites for hydroxylation is 1. The van der Waals surface area contributed by atoms with E-state index in [4.69, 9.17) is 0 Å². The number of nitro benzene ring substituents is 1. The molecule has 0 aliphatic rings. The molecule has 0 aliphatic carbocycles. The Kier molecular flexibility index (Phi) is 4.65. The number of hydrogen-bond donors (Lipinski definition) is 0. The largest absolute Gasteiger partial charge is 0.296 e. The number of carbonyl (C=O) groups excluding carboxylic acids is 1. The molecule has 0 N–H and O–H groups in total. The third-order valence-corrected chi connectivity index (χ3v) is 3.85. The van der Waals surface area contributed by atoms with Crippen LogP contribution in [0.4, 0.5) is 5.69 Å². The van der Waals surface area contributed by atoms with Crippen molar-refractivity contribution in [2.24, 2.45) is 0 Å². The van der Waals surface area contributed by atoms with E-state index in [1.807, 2.05) is 20.8 Å². The molecule has 2 aromatic rings. The number of non-ortho nitro benzene ring substituents is 1. The maximum Gasteiger partial charge on any atom is 0.271 e. The summed E-state index contributed by atoms with van der Waals surface area (Å²) >= 11 is 0. The Morgan fingerprint density at radius 1 is 1.36 bits per heavy atom. The molecule has 0 unspecified atom stereocenters. The van der Waals surface area contributed by atoms with Gasteiger partial charge in [0.05, 0.1) is 16.3 Å². The number of carbonyl (C=O) groups is 1. The van der Waals surface area contributed by atoms with Gasteiger partial charge in [-0.05, 0) is 25.3 Å². The number of hydrogen-bond acceptors (Lipinski definition) is 5. The lowest BCUT2D eigenvalue weighted by Gasteiger charge is -2.16. The molecule has 7 heteroatoms. The molecule has 7 nitrogen and oxygen atoms in total. The summed E-state index contributed by atoms with van der Waals surface area (Å²) in [7, 11) is 0. The van der Waals surface area contributed by atoms with Gasteiger partial charge < -0.3 is 0 Å². The van der Waals surface area contributed by atoms with Crippen LogP contribution in [-0.2, 0) is 0 Å². The molecule has 22 heavy (non-hydrogen) atoms. The fourth-order valence-electron chi connectivity index (χ4n) is 2.56. The minimum Gasteiger partial charge on any atom is -0.296 e. The third kappa shape index (κ3) is 2.74. The molecule has 0 saturated carbocycles. The Morgan fingerprint density at radius 2 is 2.05 bits per heavy atom. The average molecular weight is 302 g/mol. The van der Waals surface area contributed by atoms with E-state index in [1.165, 1.54) is 12.1 Å². The molecule has 1 aromatic heterocycles. The Balaban J connectivity index is 2.67. The summed E-state index contributed by atoms with van der Waals surface area (Å²) in [6, 6.07) is 4.59. The Labute approximate surface area is 128 Å². The van der Waals surface area contributed by atoms with Crippen LogP contribution in [0.5, 0.6) is 0 Å². The molecule has 1 heterocycles. The first kappa shape index (κ1) is 15.8. The lowest BCUT2D eigenvalue weighted by Crippen LogP contribution is -2.10. The minimum absolute atomic E-state index is 0.0146. The summed E-state index contributed by atoms with van der Waals surface area (Å²) < 4.78 is 1.56. The van der Waals surface area contributed by atoms with Crippen LogP contribution in [0.2, 0.25) is 0 Å². The van der Waals surface area contributed by atoms with Crippen LogP contribution in [0.25, 0.3) is 5.69 Å². The molecule has 1 aromatic carbocycles. The molecule has 0 fully saturated rings. The first-order valence-corrected chi connectivity index (χ1v) is 7.19. The van der Waals surface area contributed by atoms with Crippen molar-refractivity contribution in [1.82, 2.24) is 15.0 Å². The fraction of sp³-hybridized carbons (Fsp3) is 0.400. The molecule has 0 bridgehead atoms. The van der Waals surface area contributed by atoms with Gasteiger partial charge in [-0.15, -0.1) is 5.10 Å². The highest BCUT2D eigenvalue weighted by Crippen LogP contribution is 2.29. The van der Waals surface area contributed by atoms with E-state index in [0.29, 0.717) is 23.4 Å². The molecular weight excluding hydrogens is 284 g/mol. The van der Waals surface area contributed by atoms with E-state index in [2.05, 4.69) is 10.3 Å². The van der Waals surface area contributed by atoms with E-state index in [0.717, 1.165) is 18.4 Å². The third-order valence-electron chi connectivity index (χ3n) is 3.85. The molecule has 0 aliphatic heterocycles. The minimum atomic E-state index is -0.447. The Bertz CT molecular complexity index is 705. The second kappa shape index (κ2) is 6.46. The van der Waals surface area contributed by atoms with Gasteiger partial charge in [0.2, 0.25) is 0 Å². The van der Waals surface area contributed by atoms with Gasteiger partial charge >= 0.3 is 0 Å². The predicted molar refractivity (Wildman–Crippen MR) is 81.5 cm³/mol. The Morgan fingerprint density at radius 3 is 2.59 bits per heavy atom. The first-order valence-electron chi connectivity index (χ1n) is 7.19. The van der Waals surface area contributed by atoms with Gasteiger partial charge in [-0.1, -0.05) is 25.1 Å². The normalized spacial score (nSPS) is 10.9. The van der Waals surface area contributed by atoms with Crippen molar-refractivity contribution in [3.63, 3.8) is 0 Å². The molecule has 116 valence electrons. The quantitative estimate of drug-likeness (QED) is 0.464. The molecule has 0 spiro atoms. The molecule has 0 atom stereocenters. The number of nitro groups is 1. The van der Waals surface area contributed by atoms with E-state index < -0.39 is 4.92 Å². The van der Waals surface area contributed by atoms with E-state index >= 15 is 0 Å². The van der Waals surface area contributed by atoms with Crippen molar-refractivity contribution in [2.45, 2.75) is 39.5 Å². The van der Waals surface area contributed by atoms with Crippen molar-refractivity contribution >= 4 is 12.0 Å². The lowest BCUT2D eigenvalue weighted by atomic mass is 9.97. The topological polar surface area (TPSA) is 90.9 Å². The van der Waals surface area contributed by atoms with Crippen LogP contribution in [-0.4, -0.2) is 26.2 Å². The monoisotopic (exact) mass is 302 g/mol. The summed E-state index contributed by atoms with van der Waals surface area (Å²) in [4.78, 5) is 21.8. The van der Waals surface area contributed by atoms with Gasteiger partial charge in [-0.3, -0.25) is 14.9 Å². The highest BCUT2D eigenvalue weighted by Gasteiger charge is 2.22. The molecule has 0 saturated heterocycles. The second-order valence-corrected chi connectivity index (χ2v) is 5.13. The van der Waals surface area contributed by atoms with Crippen LogP contribution in [0.1, 0.15) is 54.4 Å². The van der Waals surface area contributed by atoms with Crippen molar-refractivity contribution in [1.29, 1.82) is 0 Å². The maximum atomic E-state index is 11.2. The van der Waals surface area contributed by atoms with Gasteiger partial charge in [0.15, 0.2) is 6.29 Å². The van der Waals surface area contributed by atoms with E-state index in [1.54, 1.807) is 10.7 Å². The molecular formula is C15H18N4O3. The second-order valence-electron chi connectivity index (χ2n) is 5.13. The van der Waals surface area contributed by atoms with Crippen LogP contribution in [0.3, 0.4) is 0 Å². The summed E-state index contributed by atoms with van der Waals surface area (Å²) in [5, 5.41) is 19.0. The van der Waals surface area contributed by atoms with Crippen LogP contribution >= 0.6 is 0 Å². The number of rotatable bonds is 6. The Hall–Kier alpha value is -2.57. The predicted octanol–water partition coefficient (Wildman–Crippen LogP) is 3.20. The van der Waals surface area contributed by atoms with Gasteiger partial charge in [-0.25, -0.2) is 4.68 Å². The highest BCUT2D eigenvalue weighted by atomic mass is 16.6. The number of aromatic nitrogens is 3. The van der Waals surface area contributed by atoms with Crippen LogP contribution in [0, 0.1) is 17.0 Å². The van der Waals surface area contributed by atoms with Gasteiger partial charge in [-0.2, -0.15) is 0 Å². The highest BCUT2D eigenvalue weighted by molar-refractivity contribution is 5.74. The fourth-order valence-corrected chi connectivity index (χ4v) is 2.56. The van der Waals surface area contributed by atoms with Crippen LogP contribution < -0.4 is 0 Å². The van der Waals surface area contributed by atoms with Gasteiger partial charge in [0, 0.05) is 18.1 Å². The van der Waals surface area contributed by atoms with Crippen molar-refractivity contribution in [3.8, 4) is 5.69 Å². The van der Waals surface area contributed by atoms with Crippen molar-refractivity contribution < 1.29 is 9.72 Å². The smallest absolute Gasteiger partial charge is 0.271 e. The van der Waals surface area contributed by atoms with Gasteiger partial charge in [0.25, 0.3) is 5.69 Å². The van der Waals surface area contributed by atoms with Crippen molar-refractivity contribution in [3.05, 3.63) is 45.3 Å². The maximum absolute atomic E-state index is 11.2. The zero-order valence-electron chi connectivity index (χ0n) is 12.8. The molecule has 2 rings (SSSR count). The van der Waals surface area contributed by atoms with E-state index in [9.17, 15) is 14.9 Å². The first-order chi connectivity index (χ1) is 10.5.